The maximum atomic E-state index is 13.6. The number of methoxy groups -OCH3 is 3. The quantitative estimate of drug-likeness (QED) is 0.339. The number of nitrogens with zero attached hydrogens (tertiary/aromatic N) is 2. The number of ketones is 1. The number of esters is 2. The van der Waals surface area contributed by atoms with Crippen molar-refractivity contribution in [2.45, 2.75) is 6.92 Å². The largest absolute Gasteiger partial charge is 0.545 e. The first-order valence-corrected chi connectivity index (χ1v) is 11.0. The van der Waals surface area contributed by atoms with Gasteiger partial charge in [-0.05, 0) is 37.3 Å². The Morgan fingerprint density at radius 1 is 1.00 bits per heavy atom. The van der Waals surface area contributed by atoms with Gasteiger partial charge in [0, 0.05) is 22.9 Å². The first kappa shape index (κ1) is 25.5. The van der Waals surface area contributed by atoms with Crippen molar-refractivity contribution in [1.29, 1.82) is 0 Å². The molecule has 0 atom stereocenters. The lowest BCUT2D eigenvalue weighted by atomic mass is 10.0. The van der Waals surface area contributed by atoms with Gasteiger partial charge in [-0.15, -0.1) is 0 Å². The van der Waals surface area contributed by atoms with Crippen LogP contribution in [-0.2, 0) is 23.8 Å². The zero-order valence-corrected chi connectivity index (χ0v) is 20.5. The zero-order chi connectivity index (χ0) is 26.9. The van der Waals surface area contributed by atoms with Crippen LogP contribution in [0.3, 0.4) is 0 Å². The Balaban J connectivity index is 1.86. The number of benzene rings is 1. The predicted octanol–water partition coefficient (Wildman–Crippen LogP) is 1.25. The molecule has 0 saturated carbocycles. The minimum Gasteiger partial charge on any atom is -0.545 e. The predicted molar refractivity (Wildman–Crippen MR) is 127 cm³/mol. The van der Waals surface area contributed by atoms with Crippen LogP contribution < -0.4 is 14.7 Å². The number of carboxylic acids is 1. The number of ether oxygens (including phenoxy) is 4. The number of aromatic carboxylic acids is 1. The molecule has 3 heterocycles. The third-order valence-electron chi connectivity index (χ3n) is 6.05. The molecule has 0 spiro atoms. The monoisotopic (exact) mass is 507 g/mol. The topological polar surface area (TPSA) is 136 Å². The minimum atomic E-state index is -1.60. The molecular formula is C26H23N2O9-. The van der Waals surface area contributed by atoms with Crippen LogP contribution >= 0.6 is 0 Å². The van der Waals surface area contributed by atoms with Crippen LogP contribution in [0.2, 0.25) is 0 Å². The Labute approximate surface area is 211 Å². The van der Waals surface area contributed by atoms with E-state index < -0.39 is 29.3 Å². The number of carbonyl (C=O) groups excluding carboxylic acids is 4. The van der Waals surface area contributed by atoms with Gasteiger partial charge in [0.25, 0.3) is 0 Å². The van der Waals surface area contributed by atoms with E-state index >= 15 is 0 Å². The molecule has 0 aliphatic carbocycles. The third-order valence-corrected chi connectivity index (χ3v) is 6.05. The van der Waals surface area contributed by atoms with Crippen LogP contribution in [0.25, 0.3) is 5.52 Å². The van der Waals surface area contributed by atoms with Crippen molar-refractivity contribution < 1.29 is 43.2 Å². The van der Waals surface area contributed by atoms with Crippen molar-refractivity contribution in [2.75, 3.05) is 39.6 Å². The highest BCUT2D eigenvalue weighted by Crippen LogP contribution is 2.34. The minimum absolute atomic E-state index is 0.0348. The van der Waals surface area contributed by atoms with Gasteiger partial charge in [-0.25, -0.2) is 9.59 Å². The first-order valence-electron chi connectivity index (χ1n) is 11.0. The molecule has 37 heavy (non-hydrogen) atoms. The van der Waals surface area contributed by atoms with Crippen molar-refractivity contribution in [1.82, 2.24) is 4.40 Å². The summed E-state index contributed by atoms with van der Waals surface area (Å²) >= 11 is 0. The van der Waals surface area contributed by atoms with Gasteiger partial charge < -0.3 is 38.1 Å². The fraction of sp³-hybridized carbons (Fsp3) is 0.231. The van der Waals surface area contributed by atoms with E-state index in [4.69, 9.17) is 18.9 Å². The van der Waals surface area contributed by atoms with Crippen molar-refractivity contribution in [3.8, 4) is 5.75 Å². The summed E-state index contributed by atoms with van der Waals surface area (Å²) in [6, 6.07) is 9.28. The molecule has 1 aromatic carbocycles. The molecule has 3 aromatic rings. The van der Waals surface area contributed by atoms with Gasteiger partial charge in [0.2, 0.25) is 5.78 Å². The summed E-state index contributed by atoms with van der Waals surface area (Å²) in [6.07, 6.45) is 1.71. The summed E-state index contributed by atoms with van der Waals surface area (Å²) in [6.45, 7) is 1.23. The molecule has 0 N–H and O–H groups in total. The van der Waals surface area contributed by atoms with Crippen LogP contribution in [0, 0.1) is 6.92 Å². The maximum Gasteiger partial charge on any atom is 0.355 e. The number of hydrogen-bond acceptors (Lipinski definition) is 10. The molecule has 0 saturated heterocycles. The van der Waals surface area contributed by atoms with E-state index in [2.05, 4.69) is 0 Å². The van der Waals surface area contributed by atoms with Crippen molar-refractivity contribution >= 4 is 34.9 Å². The number of hydrogen-bond donors (Lipinski definition) is 0. The molecule has 11 heteroatoms. The van der Waals surface area contributed by atoms with E-state index in [0.29, 0.717) is 22.5 Å². The van der Waals surface area contributed by atoms with E-state index in [1.54, 1.807) is 29.7 Å². The molecule has 11 nitrogen and oxygen atoms in total. The van der Waals surface area contributed by atoms with Gasteiger partial charge in [0.05, 0.1) is 50.7 Å². The maximum absolute atomic E-state index is 13.6. The summed E-state index contributed by atoms with van der Waals surface area (Å²) in [4.78, 5) is 51.8. The van der Waals surface area contributed by atoms with E-state index in [9.17, 15) is 24.3 Å². The summed E-state index contributed by atoms with van der Waals surface area (Å²) in [7, 11) is 3.76. The lowest BCUT2D eigenvalue weighted by molar-refractivity contribution is -0.255. The molecule has 192 valence electrons. The number of carboxylic acid groups (broad SMARTS) is 1. The summed E-state index contributed by atoms with van der Waals surface area (Å²) in [5.74, 6) is -3.26. The SMILES string of the molecule is COC(=O)C1=C(C(=O)OC)N(c2ccc(C(=O)c3c(C)c(OC)c4ccccn34)cc2C(=O)[O-])COC1. The summed E-state index contributed by atoms with van der Waals surface area (Å²) in [5, 5.41) is 12.2. The highest BCUT2D eigenvalue weighted by atomic mass is 16.5. The molecule has 2 aromatic heterocycles. The normalized spacial score (nSPS) is 13.5. The number of anilines is 1. The first-order chi connectivity index (χ1) is 17.7. The number of pyridine rings is 1. The second kappa shape index (κ2) is 10.2. The Bertz CT molecular complexity index is 1470. The number of aromatic nitrogens is 1. The fourth-order valence-electron chi connectivity index (χ4n) is 4.39. The number of fused-ring (bicyclic) bond motifs is 1. The van der Waals surface area contributed by atoms with Crippen molar-refractivity contribution in [2.24, 2.45) is 0 Å². The molecule has 0 amide bonds. The van der Waals surface area contributed by atoms with Gasteiger partial charge in [-0.3, -0.25) is 4.79 Å². The zero-order valence-electron chi connectivity index (χ0n) is 20.5. The second-order valence-electron chi connectivity index (χ2n) is 8.03. The molecule has 0 bridgehead atoms. The van der Waals surface area contributed by atoms with Crippen LogP contribution in [0.1, 0.15) is 32.0 Å². The Kier molecular flexibility index (Phi) is 6.98. The standard InChI is InChI=1S/C26H24N2O9/c1-14-20(27-10-6-5-7-19(27)23(14)34-2)22(29)15-8-9-18(16(11-15)24(30)31)28-13-37-12-17(25(32)35-3)21(28)26(33)36-4/h5-11H,12-13H2,1-4H3,(H,30,31)/p-1. The average molecular weight is 507 g/mol. The highest BCUT2D eigenvalue weighted by Gasteiger charge is 2.34. The van der Waals surface area contributed by atoms with Crippen LogP contribution in [-0.4, -0.2) is 62.8 Å². The molecule has 0 fully saturated rings. The van der Waals surface area contributed by atoms with E-state index in [1.807, 2.05) is 6.07 Å². The molecule has 1 aliphatic heterocycles. The Hall–Kier alpha value is -4.64. The highest BCUT2D eigenvalue weighted by molar-refractivity contribution is 6.12. The van der Waals surface area contributed by atoms with Gasteiger partial charge in [-0.1, -0.05) is 6.07 Å². The number of rotatable bonds is 7. The summed E-state index contributed by atoms with van der Waals surface area (Å²) < 4.78 is 22.1. The second-order valence-corrected chi connectivity index (χ2v) is 8.03. The Morgan fingerprint density at radius 2 is 1.73 bits per heavy atom. The molecule has 0 radical (unpaired) electrons. The number of carbonyl (C=O) groups is 4. The van der Waals surface area contributed by atoms with Gasteiger partial charge in [0.1, 0.15) is 23.9 Å². The molecule has 4 rings (SSSR count). The van der Waals surface area contributed by atoms with Gasteiger partial charge in [-0.2, -0.15) is 0 Å². The summed E-state index contributed by atoms with van der Waals surface area (Å²) in [5.41, 5.74) is 0.810. The van der Waals surface area contributed by atoms with E-state index in [0.717, 1.165) is 20.3 Å². The van der Waals surface area contributed by atoms with E-state index in [-0.39, 0.29) is 35.9 Å². The van der Waals surface area contributed by atoms with Crippen LogP contribution in [0.4, 0.5) is 5.69 Å². The molecule has 1 aliphatic rings. The van der Waals surface area contributed by atoms with E-state index in [1.165, 1.54) is 24.1 Å². The smallest absolute Gasteiger partial charge is 0.355 e. The molecular weight excluding hydrogens is 484 g/mol. The lowest BCUT2D eigenvalue weighted by Gasteiger charge is -2.32. The van der Waals surface area contributed by atoms with Crippen LogP contribution in [0.15, 0.2) is 53.9 Å². The van der Waals surface area contributed by atoms with Gasteiger partial charge in [0.15, 0.2) is 0 Å². The molecule has 0 unspecified atom stereocenters. The lowest BCUT2D eigenvalue weighted by Crippen LogP contribution is -2.40. The van der Waals surface area contributed by atoms with Crippen LogP contribution in [0.5, 0.6) is 5.75 Å². The van der Waals surface area contributed by atoms with Crippen molar-refractivity contribution in [3.63, 3.8) is 0 Å². The van der Waals surface area contributed by atoms with Gasteiger partial charge >= 0.3 is 11.9 Å². The third kappa shape index (κ3) is 4.29. The fourth-order valence-corrected chi connectivity index (χ4v) is 4.39. The average Bonchev–Trinajstić information content (AvgIpc) is 3.21. The van der Waals surface area contributed by atoms with Crippen molar-refractivity contribution in [3.05, 3.63) is 76.2 Å². The Morgan fingerprint density at radius 3 is 2.38 bits per heavy atom.